The molecule has 1 aliphatic heterocycles. The lowest BCUT2D eigenvalue weighted by Crippen LogP contribution is -2.35. The summed E-state index contributed by atoms with van der Waals surface area (Å²) in [6.45, 7) is 0.245. The Hall–Kier alpha value is -3.52. The van der Waals surface area contributed by atoms with Gasteiger partial charge in [-0.15, -0.1) is 0 Å². The van der Waals surface area contributed by atoms with E-state index in [1.165, 1.54) is 11.4 Å². The second-order valence-corrected chi connectivity index (χ2v) is 9.19. The maximum Gasteiger partial charge on any atom is 0.264 e. The van der Waals surface area contributed by atoms with Gasteiger partial charge in [-0.2, -0.15) is 0 Å². The molecule has 8 heteroatoms. The minimum absolute atomic E-state index is 0.175. The largest absolute Gasteiger partial charge is 0.493 e. The highest BCUT2D eigenvalue weighted by Gasteiger charge is 2.29. The number of rotatable bonds is 7. The summed E-state index contributed by atoms with van der Waals surface area (Å²) in [4.78, 5) is 12.6. The fourth-order valence-electron chi connectivity index (χ4n) is 3.69. The molecule has 0 unspecified atom stereocenters. The van der Waals surface area contributed by atoms with Gasteiger partial charge >= 0.3 is 0 Å². The van der Waals surface area contributed by atoms with E-state index in [9.17, 15) is 13.2 Å². The number of para-hydroxylation sites is 2. The summed E-state index contributed by atoms with van der Waals surface area (Å²) in [7, 11) is -2.10. The summed E-state index contributed by atoms with van der Waals surface area (Å²) in [5, 5.41) is 2.81. The first-order valence-corrected chi connectivity index (χ1v) is 11.7. The van der Waals surface area contributed by atoms with Gasteiger partial charge in [0, 0.05) is 12.2 Å². The highest BCUT2D eigenvalue weighted by molar-refractivity contribution is 7.92. The Morgan fingerprint density at radius 3 is 2.47 bits per heavy atom. The molecule has 1 amide bonds. The minimum atomic E-state index is -3.64. The topological polar surface area (TPSA) is 84.9 Å². The monoisotopic (exact) mass is 452 g/mol. The summed E-state index contributed by atoms with van der Waals surface area (Å²) < 4.78 is 38.4. The number of hydrogen-bond donors (Lipinski definition) is 1. The minimum Gasteiger partial charge on any atom is -0.493 e. The maximum absolute atomic E-state index is 13.1. The number of nitrogens with zero attached hydrogens (tertiary/aromatic N) is 1. The molecule has 0 saturated carbocycles. The zero-order valence-electron chi connectivity index (χ0n) is 17.7. The Kier molecular flexibility index (Phi) is 6.32. The molecule has 7 nitrogen and oxygen atoms in total. The van der Waals surface area contributed by atoms with Crippen molar-refractivity contribution < 1.29 is 22.7 Å². The van der Waals surface area contributed by atoms with Gasteiger partial charge in [0.15, 0.2) is 18.1 Å². The van der Waals surface area contributed by atoms with Gasteiger partial charge in [-0.25, -0.2) is 8.42 Å². The van der Waals surface area contributed by atoms with Crippen LogP contribution < -0.4 is 19.1 Å². The standard InChI is InChI=1S/C24H24N2O5S/c1-30-22-11-5-6-12-23(22)31-17-24(27)25-19-13-14-21-18(16-19)8-7-15-26(21)32(28,29)20-9-3-2-4-10-20/h2-6,9-14,16H,7-8,15,17H2,1H3,(H,25,27). The van der Waals surface area contributed by atoms with E-state index in [4.69, 9.17) is 9.47 Å². The van der Waals surface area contributed by atoms with Crippen molar-refractivity contribution in [3.8, 4) is 11.5 Å². The van der Waals surface area contributed by atoms with Crippen molar-refractivity contribution >= 4 is 27.3 Å². The van der Waals surface area contributed by atoms with Gasteiger partial charge in [-0.3, -0.25) is 9.10 Å². The van der Waals surface area contributed by atoms with E-state index in [0.29, 0.717) is 35.8 Å². The molecule has 1 aliphatic rings. The summed E-state index contributed by atoms with van der Waals surface area (Å²) in [5.41, 5.74) is 2.11. The normalized spacial score (nSPS) is 13.2. The second-order valence-electron chi connectivity index (χ2n) is 7.32. The van der Waals surface area contributed by atoms with Gasteiger partial charge in [0.2, 0.25) is 0 Å². The van der Waals surface area contributed by atoms with Crippen LogP contribution in [0.1, 0.15) is 12.0 Å². The predicted octanol–water partition coefficient (Wildman–Crippen LogP) is 3.85. The van der Waals surface area contributed by atoms with Crippen LogP contribution in [0.2, 0.25) is 0 Å². The van der Waals surface area contributed by atoms with Gasteiger partial charge in [-0.05, 0) is 60.9 Å². The van der Waals surface area contributed by atoms with Gasteiger partial charge in [0.25, 0.3) is 15.9 Å². The number of aryl methyl sites for hydroxylation is 1. The third-order valence-electron chi connectivity index (χ3n) is 5.20. The molecule has 1 N–H and O–H groups in total. The molecule has 0 bridgehead atoms. The van der Waals surface area contributed by atoms with E-state index in [2.05, 4.69) is 5.32 Å². The molecule has 1 heterocycles. The van der Waals surface area contributed by atoms with E-state index in [0.717, 1.165) is 12.0 Å². The number of carbonyl (C=O) groups is 1. The van der Waals surface area contributed by atoms with Crippen molar-refractivity contribution in [3.63, 3.8) is 0 Å². The Bertz CT molecular complexity index is 1210. The van der Waals surface area contributed by atoms with Crippen LogP contribution in [0.15, 0.2) is 77.7 Å². The fourth-order valence-corrected chi connectivity index (χ4v) is 5.25. The van der Waals surface area contributed by atoms with Crippen LogP contribution in [0.4, 0.5) is 11.4 Å². The van der Waals surface area contributed by atoms with Gasteiger partial charge in [-0.1, -0.05) is 30.3 Å². The summed E-state index contributed by atoms with van der Waals surface area (Å²) in [6.07, 6.45) is 1.44. The molecular weight excluding hydrogens is 428 g/mol. The van der Waals surface area contributed by atoms with Crippen LogP contribution in [0, 0.1) is 0 Å². The van der Waals surface area contributed by atoms with Crippen molar-refractivity contribution in [1.82, 2.24) is 0 Å². The van der Waals surface area contributed by atoms with E-state index in [1.807, 2.05) is 12.1 Å². The quantitative estimate of drug-likeness (QED) is 0.589. The zero-order chi connectivity index (χ0) is 22.6. The number of methoxy groups -OCH3 is 1. The molecule has 0 aliphatic carbocycles. The summed E-state index contributed by atoms with van der Waals surface area (Å²) in [5.74, 6) is 0.714. The van der Waals surface area contributed by atoms with Crippen LogP contribution >= 0.6 is 0 Å². The molecule has 4 rings (SSSR count). The second kappa shape index (κ2) is 9.32. The van der Waals surface area contributed by atoms with Crippen molar-refractivity contribution in [3.05, 3.63) is 78.4 Å². The van der Waals surface area contributed by atoms with Gasteiger partial charge in [0.05, 0.1) is 17.7 Å². The van der Waals surface area contributed by atoms with E-state index in [1.54, 1.807) is 60.7 Å². The van der Waals surface area contributed by atoms with E-state index < -0.39 is 10.0 Å². The maximum atomic E-state index is 13.1. The average Bonchev–Trinajstić information content (AvgIpc) is 2.83. The Labute approximate surface area is 187 Å². The average molecular weight is 453 g/mol. The van der Waals surface area contributed by atoms with Gasteiger partial charge < -0.3 is 14.8 Å². The number of benzene rings is 3. The number of nitrogens with one attached hydrogen (secondary N) is 1. The van der Waals surface area contributed by atoms with Crippen molar-refractivity contribution in [1.29, 1.82) is 0 Å². The zero-order valence-corrected chi connectivity index (χ0v) is 18.5. The predicted molar refractivity (Wildman–Crippen MR) is 123 cm³/mol. The number of sulfonamides is 1. The number of amides is 1. The van der Waals surface area contributed by atoms with Gasteiger partial charge in [0.1, 0.15) is 0 Å². The molecule has 0 fully saturated rings. The number of fused-ring (bicyclic) bond motifs is 1. The molecule has 3 aromatic carbocycles. The highest BCUT2D eigenvalue weighted by atomic mass is 32.2. The van der Waals surface area contributed by atoms with Crippen molar-refractivity contribution in [2.24, 2.45) is 0 Å². The Balaban J connectivity index is 1.47. The van der Waals surface area contributed by atoms with E-state index in [-0.39, 0.29) is 17.4 Å². The third kappa shape index (κ3) is 4.55. The first kappa shape index (κ1) is 21.7. The van der Waals surface area contributed by atoms with Crippen molar-refractivity contribution in [2.75, 3.05) is 29.9 Å². The van der Waals surface area contributed by atoms with Crippen LogP contribution in [-0.4, -0.2) is 34.6 Å². The highest BCUT2D eigenvalue weighted by Crippen LogP contribution is 2.34. The summed E-state index contributed by atoms with van der Waals surface area (Å²) >= 11 is 0. The first-order valence-electron chi connectivity index (χ1n) is 10.3. The molecule has 166 valence electrons. The fraction of sp³-hybridized carbons (Fsp3) is 0.208. The lowest BCUT2D eigenvalue weighted by Gasteiger charge is -2.30. The molecule has 0 radical (unpaired) electrons. The molecule has 0 spiro atoms. The Morgan fingerprint density at radius 1 is 1.00 bits per heavy atom. The third-order valence-corrected chi connectivity index (χ3v) is 7.03. The smallest absolute Gasteiger partial charge is 0.264 e. The van der Waals surface area contributed by atoms with Crippen LogP contribution in [0.25, 0.3) is 0 Å². The lowest BCUT2D eigenvalue weighted by molar-refractivity contribution is -0.118. The molecular formula is C24H24N2O5S. The molecule has 32 heavy (non-hydrogen) atoms. The SMILES string of the molecule is COc1ccccc1OCC(=O)Nc1ccc2c(c1)CCCN2S(=O)(=O)c1ccccc1. The Morgan fingerprint density at radius 2 is 1.72 bits per heavy atom. The number of hydrogen-bond acceptors (Lipinski definition) is 5. The molecule has 3 aromatic rings. The van der Waals surface area contributed by atoms with Crippen LogP contribution in [-0.2, 0) is 21.2 Å². The molecule has 0 atom stereocenters. The lowest BCUT2D eigenvalue weighted by atomic mass is 10.0. The number of carbonyl (C=O) groups excluding carboxylic acids is 1. The molecule has 0 saturated heterocycles. The van der Waals surface area contributed by atoms with Crippen LogP contribution in [0.5, 0.6) is 11.5 Å². The van der Waals surface area contributed by atoms with E-state index >= 15 is 0 Å². The summed E-state index contributed by atoms with van der Waals surface area (Å²) in [6, 6.07) is 20.8. The van der Waals surface area contributed by atoms with Crippen LogP contribution in [0.3, 0.4) is 0 Å². The number of ether oxygens (including phenoxy) is 2. The molecule has 0 aromatic heterocycles. The first-order chi connectivity index (χ1) is 15.5. The van der Waals surface area contributed by atoms with Crippen molar-refractivity contribution in [2.45, 2.75) is 17.7 Å². The number of anilines is 2.